The number of pyridine rings is 1. The summed E-state index contributed by atoms with van der Waals surface area (Å²) in [6.07, 6.45) is 2.20. The largest absolute Gasteiger partial charge is 0.322 e. The van der Waals surface area contributed by atoms with Crippen LogP contribution in [0.25, 0.3) is 22.3 Å². The molecule has 0 bridgehead atoms. The molecule has 0 radical (unpaired) electrons. The summed E-state index contributed by atoms with van der Waals surface area (Å²) < 4.78 is 1.87. The maximum absolute atomic E-state index is 13.2. The zero-order valence-corrected chi connectivity index (χ0v) is 16.9. The molecule has 1 fully saturated rings. The lowest BCUT2D eigenvalue weighted by Crippen LogP contribution is -2.14. The molecule has 0 saturated heterocycles. The van der Waals surface area contributed by atoms with Crippen LogP contribution >= 0.6 is 0 Å². The van der Waals surface area contributed by atoms with Gasteiger partial charge in [-0.15, -0.1) is 5.10 Å². The maximum atomic E-state index is 13.2. The number of hydrogen-bond acceptors (Lipinski definition) is 5. The second-order valence-electron chi connectivity index (χ2n) is 7.98. The molecule has 1 amide bonds. The van der Waals surface area contributed by atoms with Crippen molar-refractivity contribution in [2.24, 2.45) is 0 Å². The summed E-state index contributed by atoms with van der Waals surface area (Å²) in [5.41, 5.74) is 3.93. The minimum atomic E-state index is -0.158. The number of hydrogen-bond donors (Lipinski definition) is 1. The Hall–Kier alpha value is -3.61. The first-order chi connectivity index (χ1) is 14.6. The second-order valence-corrected chi connectivity index (χ2v) is 7.98. The Morgan fingerprint density at radius 1 is 1.10 bits per heavy atom. The number of amides is 1. The van der Waals surface area contributed by atoms with Crippen LogP contribution in [0.4, 0.5) is 5.69 Å². The first-order valence-electron chi connectivity index (χ1n) is 10.2. The summed E-state index contributed by atoms with van der Waals surface area (Å²) >= 11 is 0. The highest BCUT2D eigenvalue weighted by Gasteiger charge is 2.28. The van der Waals surface area contributed by atoms with Crippen molar-refractivity contribution in [1.82, 2.24) is 25.2 Å². The third-order valence-electron chi connectivity index (χ3n) is 5.34. The van der Waals surface area contributed by atoms with Crippen LogP contribution in [0.5, 0.6) is 0 Å². The molecule has 2 aromatic carbocycles. The van der Waals surface area contributed by atoms with E-state index in [1.54, 1.807) is 0 Å². The standard InChI is InChI=1S/C23H22N6O/c1-14(2)21-13-19(18-8-3-4-9-20(18)25-21)23(30)24-16-7-5-6-15(12-16)22-26-27-28-29(22)17-10-11-17/h3-9,12-14,17H,10-11H2,1-2H3,(H,24,30). The van der Waals surface area contributed by atoms with Gasteiger partial charge in [-0.1, -0.05) is 44.2 Å². The lowest BCUT2D eigenvalue weighted by molar-refractivity contribution is 0.102. The van der Waals surface area contributed by atoms with E-state index >= 15 is 0 Å². The molecule has 5 rings (SSSR count). The van der Waals surface area contributed by atoms with Gasteiger partial charge in [0, 0.05) is 22.3 Å². The highest BCUT2D eigenvalue weighted by atomic mass is 16.1. The molecule has 7 heteroatoms. The molecule has 1 saturated carbocycles. The van der Waals surface area contributed by atoms with E-state index in [0.717, 1.165) is 40.8 Å². The van der Waals surface area contributed by atoms with E-state index in [2.05, 4.69) is 34.7 Å². The molecule has 1 aliphatic carbocycles. The molecule has 30 heavy (non-hydrogen) atoms. The number of anilines is 1. The highest BCUT2D eigenvalue weighted by Crippen LogP contribution is 2.36. The minimum absolute atomic E-state index is 0.158. The van der Waals surface area contributed by atoms with Crippen LogP contribution in [0.3, 0.4) is 0 Å². The van der Waals surface area contributed by atoms with E-state index in [4.69, 9.17) is 4.98 Å². The van der Waals surface area contributed by atoms with Gasteiger partial charge in [-0.3, -0.25) is 9.78 Å². The van der Waals surface area contributed by atoms with Crippen LogP contribution in [0.15, 0.2) is 54.6 Å². The molecular formula is C23H22N6O. The molecule has 7 nitrogen and oxygen atoms in total. The lowest BCUT2D eigenvalue weighted by Gasteiger charge is -2.12. The smallest absolute Gasteiger partial charge is 0.256 e. The molecule has 0 atom stereocenters. The fourth-order valence-corrected chi connectivity index (χ4v) is 3.56. The van der Waals surface area contributed by atoms with Gasteiger partial charge in [0.15, 0.2) is 5.82 Å². The van der Waals surface area contributed by atoms with Crippen LogP contribution in [0.1, 0.15) is 54.7 Å². The number of nitrogens with one attached hydrogen (secondary N) is 1. The zero-order valence-electron chi connectivity index (χ0n) is 16.9. The number of rotatable bonds is 5. The zero-order chi connectivity index (χ0) is 20.7. The van der Waals surface area contributed by atoms with Crippen molar-refractivity contribution in [3.63, 3.8) is 0 Å². The lowest BCUT2D eigenvalue weighted by atomic mass is 10.0. The van der Waals surface area contributed by atoms with Crippen molar-refractivity contribution in [1.29, 1.82) is 0 Å². The topological polar surface area (TPSA) is 85.6 Å². The Morgan fingerprint density at radius 3 is 2.73 bits per heavy atom. The Morgan fingerprint density at radius 2 is 1.93 bits per heavy atom. The average Bonchev–Trinajstić information content (AvgIpc) is 3.49. The average molecular weight is 398 g/mol. The molecule has 2 aromatic heterocycles. The number of tetrazole rings is 1. The molecule has 150 valence electrons. The Kier molecular flexibility index (Phi) is 4.50. The number of nitrogens with zero attached hydrogens (tertiary/aromatic N) is 5. The van der Waals surface area contributed by atoms with Crippen molar-refractivity contribution in [2.45, 2.75) is 38.6 Å². The third kappa shape index (κ3) is 3.43. The Bertz CT molecular complexity index is 1240. The fourth-order valence-electron chi connectivity index (χ4n) is 3.56. The minimum Gasteiger partial charge on any atom is -0.322 e. The summed E-state index contributed by atoms with van der Waals surface area (Å²) in [6, 6.07) is 17.7. The summed E-state index contributed by atoms with van der Waals surface area (Å²) in [5.74, 6) is 0.797. The quantitative estimate of drug-likeness (QED) is 0.531. The first-order valence-corrected chi connectivity index (χ1v) is 10.2. The van der Waals surface area contributed by atoms with Crippen molar-refractivity contribution in [3.8, 4) is 11.4 Å². The van der Waals surface area contributed by atoms with Gasteiger partial charge in [0.1, 0.15) is 0 Å². The monoisotopic (exact) mass is 398 g/mol. The molecule has 1 aliphatic rings. The van der Waals surface area contributed by atoms with E-state index in [0.29, 0.717) is 17.3 Å². The second kappa shape index (κ2) is 7.33. The maximum Gasteiger partial charge on any atom is 0.256 e. The van der Waals surface area contributed by atoms with E-state index in [9.17, 15) is 4.79 Å². The number of para-hydroxylation sites is 1. The van der Waals surface area contributed by atoms with Crippen LogP contribution in [-0.4, -0.2) is 31.1 Å². The number of carbonyl (C=O) groups is 1. The number of benzene rings is 2. The Balaban J connectivity index is 1.48. The molecule has 0 spiro atoms. The van der Waals surface area contributed by atoms with Gasteiger partial charge in [0.2, 0.25) is 0 Å². The molecule has 2 heterocycles. The van der Waals surface area contributed by atoms with Crippen molar-refractivity contribution in [2.75, 3.05) is 5.32 Å². The van der Waals surface area contributed by atoms with E-state index in [-0.39, 0.29) is 11.8 Å². The van der Waals surface area contributed by atoms with E-state index in [1.807, 2.05) is 59.3 Å². The SMILES string of the molecule is CC(C)c1cc(C(=O)Nc2cccc(-c3nnnn3C3CC3)c2)c2ccccc2n1. The van der Waals surface area contributed by atoms with Crippen molar-refractivity contribution < 1.29 is 4.79 Å². The van der Waals surface area contributed by atoms with Crippen LogP contribution < -0.4 is 5.32 Å². The van der Waals surface area contributed by atoms with Gasteiger partial charge in [-0.05, 0) is 53.5 Å². The molecule has 0 unspecified atom stereocenters. The normalized spacial score (nSPS) is 13.7. The fraction of sp³-hybridized carbons (Fsp3) is 0.261. The van der Waals surface area contributed by atoms with Gasteiger partial charge in [-0.25, -0.2) is 4.68 Å². The third-order valence-corrected chi connectivity index (χ3v) is 5.34. The molecule has 1 N–H and O–H groups in total. The summed E-state index contributed by atoms with van der Waals surface area (Å²) in [7, 11) is 0. The summed E-state index contributed by atoms with van der Waals surface area (Å²) in [5, 5.41) is 16.0. The van der Waals surface area contributed by atoms with E-state index in [1.165, 1.54) is 0 Å². The van der Waals surface area contributed by atoms with Crippen LogP contribution in [-0.2, 0) is 0 Å². The van der Waals surface area contributed by atoms with Gasteiger partial charge in [0.05, 0.1) is 17.1 Å². The van der Waals surface area contributed by atoms with E-state index < -0.39 is 0 Å². The Labute approximate surface area is 174 Å². The number of aromatic nitrogens is 5. The van der Waals surface area contributed by atoms with Crippen LogP contribution in [0, 0.1) is 0 Å². The highest BCUT2D eigenvalue weighted by molar-refractivity contribution is 6.12. The van der Waals surface area contributed by atoms with Gasteiger partial charge >= 0.3 is 0 Å². The van der Waals surface area contributed by atoms with Crippen molar-refractivity contribution in [3.05, 3.63) is 65.9 Å². The summed E-state index contributed by atoms with van der Waals surface area (Å²) in [4.78, 5) is 17.9. The van der Waals surface area contributed by atoms with Crippen molar-refractivity contribution >= 4 is 22.5 Å². The summed E-state index contributed by atoms with van der Waals surface area (Å²) in [6.45, 7) is 4.15. The van der Waals surface area contributed by atoms with Gasteiger partial charge < -0.3 is 5.32 Å². The van der Waals surface area contributed by atoms with Gasteiger partial charge in [-0.2, -0.15) is 0 Å². The predicted octanol–water partition coefficient (Wildman–Crippen LogP) is 4.60. The number of carbonyl (C=O) groups excluding carboxylic acids is 1. The van der Waals surface area contributed by atoms with Gasteiger partial charge in [0.25, 0.3) is 5.91 Å². The first kappa shape index (κ1) is 18.4. The molecule has 4 aromatic rings. The number of fused-ring (bicyclic) bond motifs is 1. The predicted molar refractivity (Wildman–Crippen MR) is 115 cm³/mol. The molecular weight excluding hydrogens is 376 g/mol. The van der Waals surface area contributed by atoms with Crippen LogP contribution in [0.2, 0.25) is 0 Å². The molecule has 0 aliphatic heterocycles.